The number of nitrogens with one attached hydrogen (secondary N) is 2. The van der Waals surface area contributed by atoms with Crippen molar-refractivity contribution in [2.24, 2.45) is 5.92 Å². The summed E-state index contributed by atoms with van der Waals surface area (Å²) in [6, 6.07) is 10.3. The van der Waals surface area contributed by atoms with E-state index >= 15 is 0 Å². The van der Waals surface area contributed by atoms with Crippen molar-refractivity contribution in [1.82, 2.24) is 10.3 Å². The van der Waals surface area contributed by atoms with Crippen molar-refractivity contribution in [3.63, 3.8) is 0 Å². The lowest BCUT2D eigenvalue weighted by Crippen LogP contribution is -2.30. The minimum Gasteiger partial charge on any atom is -0.383 e. The van der Waals surface area contributed by atoms with E-state index in [4.69, 9.17) is 4.74 Å². The van der Waals surface area contributed by atoms with Gasteiger partial charge in [-0.3, -0.25) is 9.78 Å². The molecule has 2 aromatic rings. The third-order valence-electron chi connectivity index (χ3n) is 5.26. The lowest BCUT2D eigenvalue weighted by Gasteiger charge is -2.37. The van der Waals surface area contributed by atoms with Crippen LogP contribution in [0.4, 0.5) is 5.69 Å². The highest BCUT2D eigenvalue weighted by Gasteiger charge is 2.38. The lowest BCUT2D eigenvalue weighted by molar-refractivity contribution is 0.0937. The van der Waals surface area contributed by atoms with Gasteiger partial charge in [0, 0.05) is 43.2 Å². The average molecular weight is 349 g/mol. The molecule has 3 atom stereocenters. The molecule has 2 heterocycles. The highest BCUT2D eigenvalue weighted by Crippen LogP contribution is 2.49. The zero-order valence-electron chi connectivity index (χ0n) is 14.8. The van der Waals surface area contributed by atoms with Crippen LogP contribution >= 0.6 is 0 Å². The summed E-state index contributed by atoms with van der Waals surface area (Å²) in [7, 11) is 1.63. The summed E-state index contributed by atoms with van der Waals surface area (Å²) < 4.78 is 4.99. The van der Waals surface area contributed by atoms with E-state index in [0.29, 0.717) is 30.6 Å². The molecule has 2 aliphatic rings. The van der Waals surface area contributed by atoms with Crippen LogP contribution in [-0.2, 0) is 4.74 Å². The van der Waals surface area contributed by atoms with Crippen molar-refractivity contribution in [2.45, 2.75) is 18.4 Å². The molecule has 1 aromatic heterocycles. The predicted molar refractivity (Wildman–Crippen MR) is 101 cm³/mol. The van der Waals surface area contributed by atoms with Crippen molar-refractivity contribution in [1.29, 1.82) is 0 Å². The zero-order valence-corrected chi connectivity index (χ0v) is 14.8. The molecule has 5 nitrogen and oxygen atoms in total. The van der Waals surface area contributed by atoms with Crippen LogP contribution in [0.2, 0.25) is 0 Å². The van der Waals surface area contributed by atoms with Gasteiger partial charge in [-0.25, -0.2) is 0 Å². The number of fused-ring (bicyclic) bond motifs is 3. The second-order valence-corrected chi connectivity index (χ2v) is 6.81. The predicted octanol–water partition coefficient (Wildman–Crippen LogP) is 3.28. The Morgan fingerprint density at radius 2 is 2.31 bits per heavy atom. The van der Waals surface area contributed by atoms with Crippen LogP contribution in [0.5, 0.6) is 0 Å². The van der Waals surface area contributed by atoms with Crippen molar-refractivity contribution in [3.05, 3.63) is 71.6 Å². The third kappa shape index (κ3) is 3.10. The second-order valence-electron chi connectivity index (χ2n) is 6.81. The number of allylic oxidation sites excluding steroid dienone is 2. The van der Waals surface area contributed by atoms with Crippen LogP contribution in [0.15, 0.2) is 54.9 Å². The fourth-order valence-corrected chi connectivity index (χ4v) is 3.99. The standard InChI is InChI=1S/C21H23N3O2/c1-26-11-10-23-21(25)14-7-8-19-18(12-14)16-5-2-6-17(16)20(24-19)15-4-3-9-22-13-15/h2-5,7-9,12-13,16-17,20,24H,6,10-11H2,1H3,(H,23,25). The fourth-order valence-electron chi connectivity index (χ4n) is 3.99. The van der Waals surface area contributed by atoms with Gasteiger partial charge in [-0.05, 0) is 47.7 Å². The number of carbonyl (C=O) groups excluding carboxylic acids is 1. The molecule has 0 saturated carbocycles. The Hall–Kier alpha value is -2.66. The molecule has 1 aromatic carbocycles. The first-order valence-corrected chi connectivity index (χ1v) is 9.02. The molecule has 3 unspecified atom stereocenters. The summed E-state index contributed by atoms with van der Waals surface area (Å²) in [6.45, 7) is 1.03. The quantitative estimate of drug-likeness (QED) is 0.642. The first-order chi connectivity index (χ1) is 12.8. The average Bonchev–Trinajstić information content (AvgIpc) is 3.18. The summed E-state index contributed by atoms with van der Waals surface area (Å²) in [5, 5.41) is 6.56. The van der Waals surface area contributed by atoms with Crippen LogP contribution in [0.25, 0.3) is 0 Å². The maximum absolute atomic E-state index is 12.4. The molecular weight excluding hydrogens is 326 g/mol. The van der Waals surface area contributed by atoms with Gasteiger partial charge in [0.2, 0.25) is 0 Å². The molecule has 0 spiro atoms. The van der Waals surface area contributed by atoms with Crippen LogP contribution in [-0.4, -0.2) is 31.2 Å². The molecule has 4 rings (SSSR count). The molecule has 2 N–H and O–H groups in total. The molecule has 0 bridgehead atoms. The number of hydrogen-bond acceptors (Lipinski definition) is 4. The zero-order chi connectivity index (χ0) is 17.9. The van der Waals surface area contributed by atoms with Crippen LogP contribution < -0.4 is 10.6 Å². The summed E-state index contributed by atoms with van der Waals surface area (Å²) in [6.07, 6.45) is 9.30. The topological polar surface area (TPSA) is 63.2 Å². The van der Waals surface area contributed by atoms with Gasteiger partial charge >= 0.3 is 0 Å². The highest BCUT2D eigenvalue weighted by molar-refractivity contribution is 5.95. The van der Waals surface area contributed by atoms with E-state index in [1.807, 2.05) is 30.5 Å². The van der Waals surface area contributed by atoms with E-state index in [1.54, 1.807) is 13.3 Å². The Kier molecular flexibility index (Phi) is 4.71. The van der Waals surface area contributed by atoms with Gasteiger partial charge in [-0.1, -0.05) is 18.2 Å². The SMILES string of the molecule is COCCNC(=O)c1ccc2c(c1)C1C=CCC1C(c1cccnc1)N2. The Balaban J connectivity index is 1.62. The molecule has 0 saturated heterocycles. The van der Waals surface area contributed by atoms with E-state index in [2.05, 4.69) is 33.8 Å². The first-order valence-electron chi connectivity index (χ1n) is 9.02. The van der Waals surface area contributed by atoms with Gasteiger partial charge < -0.3 is 15.4 Å². The number of nitrogens with zero attached hydrogens (tertiary/aromatic N) is 1. The van der Waals surface area contributed by atoms with Crippen molar-refractivity contribution in [2.75, 3.05) is 25.6 Å². The van der Waals surface area contributed by atoms with Gasteiger partial charge in [0.05, 0.1) is 12.6 Å². The fraction of sp³-hybridized carbons (Fsp3) is 0.333. The minimum absolute atomic E-state index is 0.0576. The molecule has 1 amide bonds. The normalized spacial score (nSPS) is 23.0. The summed E-state index contributed by atoms with van der Waals surface area (Å²) in [4.78, 5) is 16.6. The van der Waals surface area contributed by atoms with E-state index in [0.717, 1.165) is 12.1 Å². The van der Waals surface area contributed by atoms with Gasteiger partial charge in [0.1, 0.15) is 0 Å². The molecule has 1 aliphatic carbocycles. The monoisotopic (exact) mass is 349 g/mol. The van der Waals surface area contributed by atoms with Crippen LogP contribution in [0.1, 0.15) is 39.9 Å². The molecule has 134 valence electrons. The number of hydrogen-bond donors (Lipinski definition) is 2. The molecule has 0 fully saturated rings. The Morgan fingerprint density at radius 3 is 3.12 bits per heavy atom. The van der Waals surface area contributed by atoms with E-state index < -0.39 is 0 Å². The largest absolute Gasteiger partial charge is 0.383 e. The van der Waals surface area contributed by atoms with Crippen molar-refractivity contribution < 1.29 is 9.53 Å². The van der Waals surface area contributed by atoms with Gasteiger partial charge in [-0.2, -0.15) is 0 Å². The van der Waals surface area contributed by atoms with Crippen LogP contribution in [0, 0.1) is 5.92 Å². The van der Waals surface area contributed by atoms with E-state index in [1.165, 1.54) is 11.1 Å². The number of anilines is 1. The number of carbonyl (C=O) groups is 1. The van der Waals surface area contributed by atoms with Gasteiger partial charge in [0.25, 0.3) is 5.91 Å². The summed E-state index contributed by atoms with van der Waals surface area (Å²) >= 11 is 0. The van der Waals surface area contributed by atoms with E-state index in [9.17, 15) is 4.79 Å². The number of pyridine rings is 1. The van der Waals surface area contributed by atoms with Crippen molar-refractivity contribution >= 4 is 11.6 Å². The minimum atomic E-state index is -0.0576. The molecule has 0 radical (unpaired) electrons. The first kappa shape index (κ1) is 16.8. The number of aromatic nitrogens is 1. The van der Waals surface area contributed by atoms with Gasteiger partial charge in [0.15, 0.2) is 0 Å². The molecule has 26 heavy (non-hydrogen) atoms. The van der Waals surface area contributed by atoms with Crippen molar-refractivity contribution in [3.8, 4) is 0 Å². The third-order valence-corrected chi connectivity index (χ3v) is 5.26. The Morgan fingerprint density at radius 1 is 1.38 bits per heavy atom. The maximum Gasteiger partial charge on any atom is 0.251 e. The van der Waals surface area contributed by atoms with Crippen LogP contribution in [0.3, 0.4) is 0 Å². The molecular formula is C21H23N3O2. The second kappa shape index (κ2) is 7.30. The highest BCUT2D eigenvalue weighted by atomic mass is 16.5. The summed E-state index contributed by atoms with van der Waals surface area (Å²) in [5.74, 6) is 0.708. The number of rotatable bonds is 5. The number of methoxy groups -OCH3 is 1. The lowest BCUT2D eigenvalue weighted by atomic mass is 9.77. The number of benzene rings is 1. The number of amides is 1. The molecule has 1 aliphatic heterocycles. The number of ether oxygens (including phenoxy) is 1. The summed E-state index contributed by atoms with van der Waals surface area (Å²) in [5.41, 5.74) is 4.20. The Labute approximate surface area is 153 Å². The maximum atomic E-state index is 12.4. The van der Waals surface area contributed by atoms with Gasteiger partial charge in [-0.15, -0.1) is 0 Å². The Bertz CT molecular complexity index is 819. The smallest absolute Gasteiger partial charge is 0.251 e. The van der Waals surface area contributed by atoms with E-state index in [-0.39, 0.29) is 11.9 Å². The molecule has 5 heteroatoms.